The van der Waals surface area contributed by atoms with Crippen molar-refractivity contribution in [2.45, 2.75) is 110 Å². The quantitative estimate of drug-likeness (QED) is 0.422. The van der Waals surface area contributed by atoms with Crippen LogP contribution in [0, 0.1) is 46.3 Å². The van der Waals surface area contributed by atoms with Crippen molar-refractivity contribution >= 4 is 17.9 Å². The van der Waals surface area contributed by atoms with Crippen molar-refractivity contribution in [3.05, 3.63) is 0 Å². The minimum absolute atomic E-state index is 0.0369. The Labute approximate surface area is 204 Å². The second-order valence-electron chi connectivity index (χ2n) is 12.6. The standard InChI is InChI=1S/C28H44O6/c1-17(4-9-24(29)30)21-7-8-22-20-6-5-18-16-19(34-26(33)11-10-25(31)32)12-14-27(18,2)23(20)13-15-28(21,22)3/h17-23H,4-16H2,1-3H3,(H,29,30)(H,31,32)/t17-,18?,19?,20+,21-,22+,23+,27+,28-/m1/s1. The molecular formula is C28H44O6. The lowest BCUT2D eigenvalue weighted by Crippen LogP contribution is -2.54. The van der Waals surface area contributed by atoms with Gasteiger partial charge in [-0.2, -0.15) is 0 Å². The molecule has 4 fully saturated rings. The van der Waals surface area contributed by atoms with Crippen molar-refractivity contribution in [3.63, 3.8) is 0 Å². The lowest BCUT2D eigenvalue weighted by molar-refractivity contribution is -0.164. The van der Waals surface area contributed by atoms with Gasteiger partial charge < -0.3 is 14.9 Å². The largest absolute Gasteiger partial charge is 0.481 e. The highest BCUT2D eigenvalue weighted by Crippen LogP contribution is 2.68. The number of carbonyl (C=O) groups is 3. The van der Waals surface area contributed by atoms with Crippen LogP contribution in [0.1, 0.15) is 104 Å². The zero-order valence-corrected chi connectivity index (χ0v) is 21.3. The van der Waals surface area contributed by atoms with Gasteiger partial charge in [-0.3, -0.25) is 14.4 Å². The SMILES string of the molecule is C[C@H](CCC(=O)O)[C@H]1CC[C@H]2[C@@H]3CCC4CC(OC(=O)CCC(=O)O)CC[C@]4(C)[C@H]3CC[C@]12C. The van der Waals surface area contributed by atoms with Gasteiger partial charge in [-0.15, -0.1) is 0 Å². The van der Waals surface area contributed by atoms with E-state index in [1.165, 1.54) is 38.5 Å². The van der Waals surface area contributed by atoms with Crippen molar-refractivity contribution in [2.24, 2.45) is 46.3 Å². The van der Waals surface area contributed by atoms with Gasteiger partial charge in [0, 0.05) is 6.42 Å². The molecule has 2 unspecified atom stereocenters. The van der Waals surface area contributed by atoms with Crippen LogP contribution < -0.4 is 0 Å². The second-order valence-corrected chi connectivity index (χ2v) is 12.6. The number of hydrogen-bond acceptors (Lipinski definition) is 4. The Kier molecular flexibility index (Phi) is 7.36. The highest BCUT2D eigenvalue weighted by Gasteiger charge is 2.60. The summed E-state index contributed by atoms with van der Waals surface area (Å²) in [6.45, 7) is 7.30. The van der Waals surface area contributed by atoms with E-state index in [-0.39, 0.29) is 31.3 Å². The predicted octanol–water partition coefficient (Wildman–Crippen LogP) is 5.92. The Balaban J connectivity index is 1.39. The smallest absolute Gasteiger partial charge is 0.306 e. The molecule has 2 N–H and O–H groups in total. The van der Waals surface area contributed by atoms with E-state index in [0.29, 0.717) is 28.6 Å². The van der Waals surface area contributed by atoms with Gasteiger partial charge in [0.2, 0.25) is 0 Å². The Morgan fingerprint density at radius 2 is 1.53 bits per heavy atom. The number of carboxylic acid groups (broad SMARTS) is 2. The molecule has 0 radical (unpaired) electrons. The molecule has 6 heteroatoms. The third-order valence-corrected chi connectivity index (χ3v) is 11.0. The Morgan fingerprint density at radius 1 is 0.853 bits per heavy atom. The zero-order valence-electron chi connectivity index (χ0n) is 21.3. The van der Waals surface area contributed by atoms with Crippen molar-refractivity contribution in [3.8, 4) is 0 Å². The lowest BCUT2D eigenvalue weighted by atomic mass is 9.44. The summed E-state index contributed by atoms with van der Waals surface area (Å²) < 4.78 is 5.69. The van der Waals surface area contributed by atoms with Crippen molar-refractivity contribution in [1.29, 1.82) is 0 Å². The average molecular weight is 477 g/mol. The van der Waals surface area contributed by atoms with Crippen LogP contribution in [0.4, 0.5) is 0 Å². The molecule has 4 rings (SSSR count). The lowest BCUT2D eigenvalue weighted by Gasteiger charge is -2.61. The van der Waals surface area contributed by atoms with Crippen LogP contribution in [0.15, 0.2) is 0 Å². The van der Waals surface area contributed by atoms with Crippen LogP contribution in [0.5, 0.6) is 0 Å². The van der Waals surface area contributed by atoms with Crippen LogP contribution in [-0.4, -0.2) is 34.2 Å². The van der Waals surface area contributed by atoms with E-state index >= 15 is 0 Å². The van der Waals surface area contributed by atoms with Gasteiger partial charge in [-0.25, -0.2) is 0 Å². The molecule has 9 atom stereocenters. The van der Waals surface area contributed by atoms with E-state index in [9.17, 15) is 14.4 Å². The van der Waals surface area contributed by atoms with E-state index in [1.54, 1.807) is 0 Å². The van der Waals surface area contributed by atoms with Crippen LogP contribution in [-0.2, 0) is 19.1 Å². The number of aliphatic carboxylic acids is 2. The summed E-state index contributed by atoms with van der Waals surface area (Å²) in [7, 11) is 0. The Morgan fingerprint density at radius 3 is 2.24 bits per heavy atom. The van der Waals surface area contributed by atoms with Gasteiger partial charge in [0.15, 0.2) is 0 Å². The molecule has 4 aliphatic rings. The van der Waals surface area contributed by atoms with Crippen LogP contribution in [0.2, 0.25) is 0 Å². The van der Waals surface area contributed by atoms with Crippen LogP contribution >= 0.6 is 0 Å². The van der Waals surface area contributed by atoms with Gasteiger partial charge in [-0.05, 0) is 111 Å². The highest BCUT2D eigenvalue weighted by molar-refractivity contribution is 5.76. The first-order valence-electron chi connectivity index (χ1n) is 13.7. The fourth-order valence-electron chi connectivity index (χ4n) is 9.31. The maximum absolute atomic E-state index is 12.1. The molecule has 0 saturated heterocycles. The molecule has 0 aromatic carbocycles. The summed E-state index contributed by atoms with van der Waals surface area (Å²) in [6, 6.07) is 0. The molecule has 0 spiro atoms. The second kappa shape index (κ2) is 9.81. The van der Waals surface area contributed by atoms with E-state index in [0.717, 1.165) is 43.4 Å². The molecule has 4 saturated carbocycles. The number of fused-ring (bicyclic) bond motifs is 5. The van der Waals surface area contributed by atoms with Crippen LogP contribution in [0.25, 0.3) is 0 Å². The average Bonchev–Trinajstić information content (AvgIpc) is 3.13. The van der Waals surface area contributed by atoms with E-state index in [4.69, 9.17) is 14.9 Å². The van der Waals surface area contributed by atoms with Gasteiger partial charge >= 0.3 is 17.9 Å². The number of rotatable bonds is 8. The fraction of sp³-hybridized carbons (Fsp3) is 0.893. The van der Waals surface area contributed by atoms with Crippen molar-refractivity contribution < 1.29 is 29.3 Å². The molecule has 4 aliphatic carbocycles. The van der Waals surface area contributed by atoms with Crippen molar-refractivity contribution in [1.82, 2.24) is 0 Å². The first kappa shape index (κ1) is 25.5. The first-order chi connectivity index (χ1) is 16.0. The minimum atomic E-state index is -0.957. The molecule has 34 heavy (non-hydrogen) atoms. The fourth-order valence-corrected chi connectivity index (χ4v) is 9.31. The molecule has 0 aromatic heterocycles. The summed E-state index contributed by atoms with van der Waals surface area (Å²) in [5, 5.41) is 18.0. The molecule has 0 aliphatic heterocycles. The van der Waals surface area contributed by atoms with Gasteiger partial charge in [0.1, 0.15) is 6.10 Å². The third kappa shape index (κ3) is 4.75. The van der Waals surface area contributed by atoms with Gasteiger partial charge in [-0.1, -0.05) is 20.8 Å². The van der Waals surface area contributed by atoms with Gasteiger partial charge in [0.05, 0.1) is 12.8 Å². The number of hydrogen-bond donors (Lipinski definition) is 2. The molecule has 0 aromatic rings. The first-order valence-corrected chi connectivity index (χ1v) is 13.7. The van der Waals surface area contributed by atoms with E-state index in [2.05, 4.69) is 20.8 Å². The van der Waals surface area contributed by atoms with E-state index < -0.39 is 11.9 Å². The molecule has 0 amide bonds. The maximum Gasteiger partial charge on any atom is 0.306 e. The topological polar surface area (TPSA) is 101 Å². The van der Waals surface area contributed by atoms with Crippen LogP contribution in [0.3, 0.4) is 0 Å². The minimum Gasteiger partial charge on any atom is -0.481 e. The molecule has 0 heterocycles. The van der Waals surface area contributed by atoms with Gasteiger partial charge in [0.25, 0.3) is 0 Å². The number of carboxylic acids is 2. The summed E-state index contributed by atoms with van der Waals surface area (Å²) >= 11 is 0. The number of ether oxygens (including phenoxy) is 1. The number of carbonyl (C=O) groups excluding carboxylic acids is 1. The maximum atomic E-state index is 12.1. The molecule has 0 bridgehead atoms. The molecule has 6 nitrogen and oxygen atoms in total. The molecule has 192 valence electrons. The normalized spacial score (nSPS) is 42.1. The Bertz CT molecular complexity index is 794. The monoisotopic (exact) mass is 476 g/mol. The predicted molar refractivity (Wildman–Crippen MR) is 128 cm³/mol. The third-order valence-electron chi connectivity index (χ3n) is 11.0. The highest BCUT2D eigenvalue weighted by atomic mass is 16.5. The molecular weight excluding hydrogens is 432 g/mol. The summed E-state index contributed by atoms with van der Waals surface area (Å²) in [5.41, 5.74) is 0.653. The Hall–Kier alpha value is -1.59. The van der Waals surface area contributed by atoms with E-state index in [1.807, 2.05) is 0 Å². The zero-order chi connectivity index (χ0) is 24.7. The summed E-state index contributed by atoms with van der Waals surface area (Å²) in [5.74, 6) is 1.96. The summed E-state index contributed by atoms with van der Waals surface area (Å²) in [4.78, 5) is 34.0. The van der Waals surface area contributed by atoms with Crippen molar-refractivity contribution in [2.75, 3.05) is 0 Å². The summed E-state index contributed by atoms with van der Waals surface area (Å²) in [6.07, 6.45) is 11.3. The number of esters is 1.